The molecule has 1 heterocycles. The van der Waals surface area contributed by atoms with Crippen molar-refractivity contribution in [2.24, 2.45) is 0 Å². The molecule has 4 nitrogen and oxygen atoms in total. The van der Waals surface area contributed by atoms with E-state index in [9.17, 15) is 4.79 Å². The van der Waals surface area contributed by atoms with Gasteiger partial charge in [0.2, 0.25) is 0 Å². The minimum atomic E-state index is -0.549. The monoisotopic (exact) mass is 236 g/mol. The summed E-state index contributed by atoms with van der Waals surface area (Å²) >= 11 is 0. The lowest BCUT2D eigenvalue weighted by molar-refractivity contribution is 0.0754. The smallest absolute Gasteiger partial charge is 0.184 e. The van der Waals surface area contributed by atoms with Crippen LogP contribution in [0.5, 0.6) is 5.75 Å². The first-order chi connectivity index (χ1) is 7.89. The highest BCUT2D eigenvalue weighted by Gasteiger charge is 2.31. The lowest BCUT2D eigenvalue weighted by atomic mass is 9.93. The van der Waals surface area contributed by atoms with Gasteiger partial charge in [-0.2, -0.15) is 0 Å². The van der Waals surface area contributed by atoms with Crippen LogP contribution in [0.15, 0.2) is 18.5 Å². The van der Waals surface area contributed by atoms with Crippen molar-refractivity contribution in [3.05, 3.63) is 24.0 Å². The SMILES string of the molecule is CCOc1cncc(C(=O)C(C)(C)N(C)C)c1. The normalized spacial score (nSPS) is 11.6. The highest BCUT2D eigenvalue weighted by molar-refractivity contribution is 6.02. The summed E-state index contributed by atoms with van der Waals surface area (Å²) in [5.41, 5.74) is 0.0293. The van der Waals surface area contributed by atoms with E-state index in [0.717, 1.165) is 0 Å². The molecule has 0 fully saturated rings. The molecular formula is C13H20N2O2. The third-order valence-corrected chi connectivity index (χ3v) is 2.96. The molecule has 0 N–H and O–H groups in total. The molecule has 0 aliphatic rings. The van der Waals surface area contributed by atoms with Crippen LogP contribution in [-0.2, 0) is 0 Å². The largest absolute Gasteiger partial charge is 0.492 e. The van der Waals surface area contributed by atoms with Gasteiger partial charge in [-0.15, -0.1) is 0 Å². The summed E-state index contributed by atoms with van der Waals surface area (Å²) in [7, 11) is 3.77. The third kappa shape index (κ3) is 3.03. The maximum atomic E-state index is 12.3. The highest BCUT2D eigenvalue weighted by Crippen LogP contribution is 2.20. The molecule has 1 rings (SSSR count). The van der Waals surface area contributed by atoms with Crippen LogP contribution in [0.2, 0.25) is 0 Å². The van der Waals surface area contributed by atoms with Crippen molar-refractivity contribution in [3.63, 3.8) is 0 Å². The van der Waals surface area contributed by atoms with Gasteiger partial charge in [0.25, 0.3) is 0 Å². The molecule has 94 valence electrons. The molecular weight excluding hydrogens is 216 g/mol. The summed E-state index contributed by atoms with van der Waals surface area (Å²) in [4.78, 5) is 18.3. The van der Waals surface area contributed by atoms with Gasteiger partial charge in [0, 0.05) is 11.8 Å². The van der Waals surface area contributed by atoms with E-state index in [0.29, 0.717) is 17.9 Å². The number of carbonyl (C=O) groups excluding carboxylic acids is 1. The molecule has 4 heteroatoms. The standard InChI is InChI=1S/C13H20N2O2/c1-6-17-11-7-10(8-14-9-11)12(16)13(2,3)15(4)5/h7-9H,6H2,1-5H3. The predicted molar refractivity (Wildman–Crippen MR) is 67.5 cm³/mol. The topological polar surface area (TPSA) is 42.4 Å². The number of hydrogen-bond donors (Lipinski definition) is 0. The maximum Gasteiger partial charge on any atom is 0.184 e. The molecule has 0 radical (unpaired) electrons. The number of hydrogen-bond acceptors (Lipinski definition) is 4. The van der Waals surface area contributed by atoms with Gasteiger partial charge in [0.15, 0.2) is 5.78 Å². The Balaban J connectivity index is 3.00. The van der Waals surface area contributed by atoms with E-state index < -0.39 is 5.54 Å². The molecule has 0 unspecified atom stereocenters. The Labute approximate surface area is 103 Å². The minimum absolute atomic E-state index is 0.0385. The summed E-state index contributed by atoms with van der Waals surface area (Å²) in [6.45, 7) is 6.25. The van der Waals surface area contributed by atoms with Gasteiger partial charge in [-0.3, -0.25) is 14.7 Å². The molecule has 0 aliphatic heterocycles. The van der Waals surface area contributed by atoms with Gasteiger partial charge in [-0.05, 0) is 40.9 Å². The molecule has 0 atom stereocenters. The fourth-order valence-electron chi connectivity index (χ4n) is 1.34. The van der Waals surface area contributed by atoms with Crippen LogP contribution in [0.1, 0.15) is 31.1 Å². The Morgan fingerprint density at radius 3 is 2.59 bits per heavy atom. The van der Waals surface area contributed by atoms with Crippen molar-refractivity contribution in [2.75, 3.05) is 20.7 Å². The van der Waals surface area contributed by atoms with Crippen molar-refractivity contribution in [1.29, 1.82) is 0 Å². The number of ketones is 1. The van der Waals surface area contributed by atoms with Gasteiger partial charge < -0.3 is 4.74 Å². The molecule has 0 aromatic carbocycles. The zero-order valence-corrected chi connectivity index (χ0v) is 11.2. The van der Waals surface area contributed by atoms with E-state index in [4.69, 9.17) is 4.74 Å². The first kappa shape index (κ1) is 13.6. The zero-order chi connectivity index (χ0) is 13.1. The number of carbonyl (C=O) groups is 1. The average Bonchev–Trinajstić information content (AvgIpc) is 2.28. The first-order valence-corrected chi connectivity index (χ1v) is 5.69. The number of pyridine rings is 1. The third-order valence-electron chi connectivity index (χ3n) is 2.96. The molecule has 0 spiro atoms. The lowest BCUT2D eigenvalue weighted by Crippen LogP contribution is -2.45. The molecule has 0 saturated carbocycles. The Kier molecular flexibility index (Phi) is 4.23. The second-order valence-electron chi connectivity index (χ2n) is 4.62. The Morgan fingerprint density at radius 1 is 1.41 bits per heavy atom. The number of likely N-dealkylation sites (N-methyl/N-ethyl adjacent to an activating group) is 1. The van der Waals surface area contributed by atoms with Crippen molar-refractivity contribution in [3.8, 4) is 5.75 Å². The number of rotatable bonds is 5. The van der Waals surface area contributed by atoms with Gasteiger partial charge in [0.05, 0.1) is 18.3 Å². The molecule has 0 saturated heterocycles. The van der Waals surface area contributed by atoms with Crippen molar-refractivity contribution < 1.29 is 9.53 Å². The molecule has 0 aliphatic carbocycles. The minimum Gasteiger partial charge on any atom is -0.492 e. The summed E-state index contributed by atoms with van der Waals surface area (Å²) < 4.78 is 5.34. The summed E-state index contributed by atoms with van der Waals surface area (Å²) in [6, 6.07) is 1.74. The van der Waals surface area contributed by atoms with Gasteiger partial charge >= 0.3 is 0 Å². The van der Waals surface area contributed by atoms with Crippen LogP contribution in [-0.4, -0.2) is 41.9 Å². The summed E-state index contributed by atoms with van der Waals surface area (Å²) in [6.07, 6.45) is 3.19. The van der Waals surface area contributed by atoms with E-state index in [1.807, 2.05) is 39.8 Å². The second kappa shape index (κ2) is 5.27. The molecule has 1 aromatic rings. The first-order valence-electron chi connectivity index (χ1n) is 5.69. The maximum absolute atomic E-state index is 12.3. The molecule has 1 aromatic heterocycles. The van der Waals surface area contributed by atoms with Gasteiger partial charge in [-0.1, -0.05) is 0 Å². The van der Waals surface area contributed by atoms with E-state index in [1.165, 1.54) is 0 Å². The van der Waals surface area contributed by atoms with Gasteiger partial charge in [0.1, 0.15) is 5.75 Å². The van der Waals surface area contributed by atoms with E-state index in [1.54, 1.807) is 18.5 Å². The second-order valence-corrected chi connectivity index (χ2v) is 4.62. The molecule has 0 bridgehead atoms. The number of ether oxygens (including phenoxy) is 1. The summed E-state index contributed by atoms with van der Waals surface area (Å²) in [5, 5.41) is 0. The van der Waals surface area contributed by atoms with Crippen molar-refractivity contribution in [1.82, 2.24) is 9.88 Å². The number of aromatic nitrogens is 1. The lowest BCUT2D eigenvalue weighted by Gasteiger charge is -2.30. The van der Waals surface area contributed by atoms with E-state index >= 15 is 0 Å². The van der Waals surface area contributed by atoms with Crippen molar-refractivity contribution in [2.45, 2.75) is 26.3 Å². The van der Waals surface area contributed by atoms with Crippen LogP contribution in [0.4, 0.5) is 0 Å². The highest BCUT2D eigenvalue weighted by atomic mass is 16.5. The van der Waals surface area contributed by atoms with Crippen LogP contribution < -0.4 is 4.74 Å². The van der Waals surface area contributed by atoms with E-state index in [2.05, 4.69) is 4.98 Å². The van der Waals surface area contributed by atoms with Crippen molar-refractivity contribution >= 4 is 5.78 Å². The predicted octanol–water partition coefficient (Wildman–Crippen LogP) is 2.00. The Hall–Kier alpha value is -1.42. The molecule has 0 amide bonds. The van der Waals surface area contributed by atoms with Crippen LogP contribution in [0, 0.1) is 0 Å². The molecule has 17 heavy (non-hydrogen) atoms. The number of nitrogens with zero attached hydrogens (tertiary/aromatic N) is 2. The number of Topliss-reactive ketones (excluding diaryl/α,β-unsaturated/α-hetero) is 1. The van der Waals surface area contributed by atoms with Gasteiger partial charge in [-0.25, -0.2) is 0 Å². The zero-order valence-electron chi connectivity index (χ0n) is 11.2. The summed E-state index contributed by atoms with van der Waals surface area (Å²) in [5.74, 6) is 0.671. The quantitative estimate of drug-likeness (QED) is 0.733. The van der Waals surface area contributed by atoms with Crippen LogP contribution in [0.3, 0.4) is 0 Å². The Morgan fingerprint density at radius 2 is 2.06 bits per heavy atom. The Bertz CT molecular complexity index is 400. The fraction of sp³-hybridized carbons (Fsp3) is 0.538. The average molecular weight is 236 g/mol. The van der Waals surface area contributed by atoms with E-state index in [-0.39, 0.29) is 5.78 Å². The fourth-order valence-corrected chi connectivity index (χ4v) is 1.34. The van der Waals surface area contributed by atoms with Crippen LogP contribution in [0.25, 0.3) is 0 Å². The van der Waals surface area contributed by atoms with Crippen LogP contribution >= 0.6 is 0 Å².